The van der Waals surface area contributed by atoms with Gasteiger partial charge in [0.2, 0.25) is 0 Å². The predicted molar refractivity (Wildman–Crippen MR) is 82.4 cm³/mol. The fourth-order valence-corrected chi connectivity index (χ4v) is 2.17. The molecule has 4 nitrogen and oxygen atoms in total. The Bertz CT molecular complexity index is 680. The van der Waals surface area contributed by atoms with Crippen LogP contribution in [0.4, 0.5) is 0 Å². The average molecular weight is 279 g/mol. The van der Waals surface area contributed by atoms with Gasteiger partial charge in [0.25, 0.3) is 0 Å². The number of rotatable bonds is 5. The molecule has 0 saturated carbocycles. The van der Waals surface area contributed by atoms with Crippen LogP contribution in [0.5, 0.6) is 5.75 Å². The van der Waals surface area contributed by atoms with E-state index in [-0.39, 0.29) is 6.04 Å². The number of ether oxygens (including phenoxy) is 1. The van der Waals surface area contributed by atoms with Gasteiger partial charge in [-0.05, 0) is 30.3 Å². The minimum atomic E-state index is -0.243. The third-order valence-corrected chi connectivity index (χ3v) is 3.23. The van der Waals surface area contributed by atoms with E-state index in [0.29, 0.717) is 6.61 Å². The van der Waals surface area contributed by atoms with Crippen LogP contribution in [-0.4, -0.2) is 16.4 Å². The largest absolute Gasteiger partial charge is 0.492 e. The number of para-hydroxylation sites is 2. The van der Waals surface area contributed by atoms with E-state index in [0.717, 1.165) is 17.1 Å². The lowest BCUT2D eigenvalue weighted by Crippen LogP contribution is -2.22. The first-order valence-electron chi connectivity index (χ1n) is 6.87. The molecule has 1 heterocycles. The molecule has 4 heteroatoms. The fraction of sp³-hybridized carbons (Fsp3) is 0.118. The van der Waals surface area contributed by atoms with E-state index in [1.165, 1.54) is 0 Å². The fourth-order valence-electron chi connectivity index (χ4n) is 2.17. The summed E-state index contributed by atoms with van der Waals surface area (Å²) in [6.45, 7) is 0.405. The highest BCUT2D eigenvalue weighted by Gasteiger charge is 2.13. The van der Waals surface area contributed by atoms with Crippen molar-refractivity contribution in [1.29, 1.82) is 0 Å². The summed E-state index contributed by atoms with van der Waals surface area (Å²) in [5.41, 5.74) is 8.16. The Morgan fingerprint density at radius 1 is 0.952 bits per heavy atom. The highest BCUT2D eigenvalue weighted by molar-refractivity contribution is 5.33. The molecule has 2 aromatic carbocycles. The molecular formula is C17H17N3O. The number of hydrogen-bond donors (Lipinski definition) is 1. The normalized spacial score (nSPS) is 12.0. The van der Waals surface area contributed by atoms with Gasteiger partial charge in [-0.2, -0.15) is 5.10 Å². The van der Waals surface area contributed by atoms with Crippen molar-refractivity contribution in [1.82, 2.24) is 9.78 Å². The quantitative estimate of drug-likeness (QED) is 0.781. The average Bonchev–Trinajstić information content (AvgIpc) is 3.04. The van der Waals surface area contributed by atoms with Crippen LogP contribution in [0.2, 0.25) is 0 Å². The van der Waals surface area contributed by atoms with Crippen LogP contribution in [0.15, 0.2) is 72.9 Å². The Morgan fingerprint density at radius 2 is 1.62 bits per heavy atom. The smallest absolute Gasteiger partial charge is 0.119 e. The Morgan fingerprint density at radius 3 is 2.33 bits per heavy atom. The summed E-state index contributed by atoms with van der Waals surface area (Å²) in [5, 5.41) is 4.34. The maximum atomic E-state index is 6.24. The predicted octanol–water partition coefficient (Wildman–Crippen LogP) is 2.95. The molecule has 0 amide bonds. The molecule has 0 spiro atoms. The second-order valence-electron chi connectivity index (χ2n) is 4.73. The lowest BCUT2D eigenvalue weighted by Gasteiger charge is -2.15. The monoisotopic (exact) mass is 279 g/mol. The summed E-state index contributed by atoms with van der Waals surface area (Å²) in [5.74, 6) is 0.818. The van der Waals surface area contributed by atoms with E-state index in [1.54, 1.807) is 6.20 Å². The third kappa shape index (κ3) is 3.12. The molecule has 3 aromatic rings. The Labute approximate surface area is 123 Å². The highest BCUT2D eigenvalue weighted by Crippen LogP contribution is 2.17. The minimum Gasteiger partial charge on any atom is -0.492 e. The zero-order chi connectivity index (χ0) is 14.5. The van der Waals surface area contributed by atoms with E-state index < -0.39 is 0 Å². The third-order valence-electron chi connectivity index (χ3n) is 3.23. The van der Waals surface area contributed by atoms with Crippen molar-refractivity contribution in [2.24, 2.45) is 5.73 Å². The van der Waals surface area contributed by atoms with Crippen molar-refractivity contribution in [3.8, 4) is 11.4 Å². The first-order chi connectivity index (χ1) is 10.3. The van der Waals surface area contributed by atoms with Crippen LogP contribution < -0.4 is 10.5 Å². The minimum absolute atomic E-state index is 0.243. The Balaban J connectivity index is 1.74. The van der Waals surface area contributed by atoms with Crippen molar-refractivity contribution in [3.05, 3.63) is 78.6 Å². The van der Waals surface area contributed by atoms with Gasteiger partial charge in [0.05, 0.1) is 17.4 Å². The molecule has 3 rings (SSSR count). The van der Waals surface area contributed by atoms with Crippen LogP contribution >= 0.6 is 0 Å². The van der Waals surface area contributed by atoms with Crippen LogP contribution in [-0.2, 0) is 0 Å². The van der Waals surface area contributed by atoms with Crippen LogP contribution in [0.1, 0.15) is 11.7 Å². The van der Waals surface area contributed by atoms with E-state index in [2.05, 4.69) is 5.10 Å². The zero-order valence-electron chi connectivity index (χ0n) is 11.6. The van der Waals surface area contributed by atoms with Gasteiger partial charge in [0, 0.05) is 6.20 Å². The first kappa shape index (κ1) is 13.4. The van der Waals surface area contributed by atoms with Crippen molar-refractivity contribution in [2.75, 3.05) is 6.61 Å². The Hall–Kier alpha value is -2.59. The lowest BCUT2D eigenvalue weighted by atomic mass is 10.2. The summed E-state index contributed by atoms with van der Waals surface area (Å²) in [6.07, 6.45) is 1.75. The molecule has 0 aliphatic carbocycles. The highest BCUT2D eigenvalue weighted by atomic mass is 16.5. The maximum absolute atomic E-state index is 6.24. The van der Waals surface area contributed by atoms with Crippen molar-refractivity contribution >= 4 is 0 Å². The zero-order valence-corrected chi connectivity index (χ0v) is 11.6. The number of nitrogens with two attached hydrogens (primary N) is 1. The molecule has 1 aromatic heterocycles. The SMILES string of the molecule is NC(COc1ccccc1)c1ccnn1-c1ccccc1. The van der Waals surface area contributed by atoms with Crippen LogP contribution in [0, 0.1) is 0 Å². The molecule has 2 N–H and O–H groups in total. The number of nitrogens with zero attached hydrogens (tertiary/aromatic N) is 2. The van der Waals surface area contributed by atoms with E-state index in [4.69, 9.17) is 10.5 Å². The van der Waals surface area contributed by atoms with E-state index in [1.807, 2.05) is 71.4 Å². The molecule has 21 heavy (non-hydrogen) atoms. The molecule has 1 atom stereocenters. The standard InChI is InChI=1S/C17H17N3O/c18-16(13-21-15-9-5-2-6-10-15)17-11-12-19-20(17)14-7-3-1-4-8-14/h1-12,16H,13,18H2. The van der Waals surface area contributed by atoms with Crippen molar-refractivity contribution < 1.29 is 4.74 Å². The van der Waals surface area contributed by atoms with E-state index in [9.17, 15) is 0 Å². The molecule has 0 aliphatic rings. The van der Waals surface area contributed by atoms with Gasteiger partial charge in [-0.1, -0.05) is 36.4 Å². The van der Waals surface area contributed by atoms with E-state index >= 15 is 0 Å². The molecule has 0 fully saturated rings. The summed E-state index contributed by atoms with van der Waals surface area (Å²) in [4.78, 5) is 0. The molecular weight excluding hydrogens is 262 g/mol. The molecule has 0 saturated heterocycles. The second kappa shape index (κ2) is 6.24. The van der Waals surface area contributed by atoms with Gasteiger partial charge in [0.1, 0.15) is 12.4 Å². The van der Waals surface area contributed by atoms with Crippen molar-refractivity contribution in [2.45, 2.75) is 6.04 Å². The molecule has 0 bridgehead atoms. The van der Waals surface area contributed by atoms with Crippen LogP contribution in [0.3, 0.4) is 0 Å². The molecule has 1 unspecified atom stereocenters. The maximum Gasteiger partial charge on any atom is 0.119 e. The Kier molecular flexibility index (Phi) is 3.98. The summed E-state index contributed by atoms with van der Waals surface area (Å²) < 4.78 is 7.56. The lowest BCUT2D eigenvalue weighted by molar-refractivity contribution is 0.286. The van der Waals surface area contributed by atoms with Gasteiger partial charge in [-0.3, -0.25) is 0 Å². The summed E-state index contributed by atoms with van der Waals surface area (Å²) in [7, 11) is 0. The van der Waals surface area contributed by atoms with Gasteiger partial charge in [-0.15, -0.1) is 0 Å². The molecule has 0 radical (unpaired) electrons. The van der Waals surface area contributed by atoms with Crippen molar-refractivity contribution in [3.63, 3.8) is 0 Å². The van der Waals surface area contributed by atoms with Gasteiger partial charge < -0.3 is 10.5 Å². The van der Waals surface area contributed by atoms with Gasteiger partial charge >= 0.3 is 0 Å². The topological polar surface area (TPSA) is 53.1 Å². The summed E-state index contributed by atoms with van der Waals surface area (Å²) in [6, 6.07) is 21.3. The van der Waals surface area contributed by atoms with Gasteiger partial charge in [-0.25, -0.2) is 4.68 Å². The number of hydrogen-bond acceptors (Lipinski definition) is 3. The number of aromatic nitrogens is 2. The molecule has 0 aliphatic heterocycles. The van der Waals surface area contributed by atoms with Crippen LogP contribution in [0.25, 0.3) is 5.69 Å². The summed E-state index contributed by atoms with van der Waals surface area (Å²) >= 11 is 0. The first-order valence-corrected chi connectivity index (χ1v) is 6.87. The number of benzene rings is 2. The second-order valence-corrected chi connectivity index (χ2v) is 4.73. The molecule has 106 valence electrons. The van der Waals surface area contributed by atoms with Gasteiger partial charge in [0.15, 0.2) is 0 Å².